The van der Waals surface area contributed by atoms with Gasteiger partial charge in [-0.25, -0.2) is 0 Å². The van der Waals surface area contributed by atoms with Gasteiger partial charge in [-0.2, -0.15) is 11.8 Å². The van der Waals surface area contributed by atoms with Crippen LogP contribution in [0.2, 0.25) is 0 Å². The highest BCUT2D eigenvalue weighted by atomic mass is 32.2. The molecule has 1 saturated heterocycles. The van der Waals surface area contributed by atoms with Crippen molar-refractivity contribution in [1.29, 1.82) is 0 Å². The van der Waals surface area contributed by atoms with Crippen molar-refractivity contribution in [1.82, 2.24) is 4.90 Å². The smallest absolute Gasteiger partial charge is 0.0597 e. The molecule has 0 aliphatic carbocycles. The van der Waals surface area contributed by atoms with Crippen LogP contribution in [0.5, 0.6) is 0 Å². The summed E-state index contributed by atoms with van der Waals surface area (Å²) in [6.45, 7) is 6.71. The third-order valence-corrected chi connectivity index (χ3v) is 4.69. The molecule has 1 heterocycles. The number of hydrogen-bond donors (Lipinski definition) is 1. The minimum atomic E-state index is 0.212. The minimum absolute atomic E-state index is 0.212. The summed E-state index contributed by atoms with van der Waals surface area (Å²) < 4.78 is 5.60. The fourth-order valence-electron chi connectivity index (χ4n) is 2.12. The Morgan fingerprint density at radius 3 is 2.75 bits per heavy atom. The quantitative estimate of drug-likeness (QED) is 0.772. The van der Waals surface area contributed by atoms with E-state index in [2.05, 4.69) is 25.8 Å². The molecule has 0 bridgehead atoms. The monoisotopic (exact) mass is 246 g/mol. The van der Waals surface area contributed by atoms with Crippen molar-refractivity contribution >= 4 is 11.8 Å². The summed E-state index contributed by atoms with van der Waals surface area (Å²) in [7, 11) is 2.18. The second kappa shape index (κ2) is 6.84. The first-order chi connectivity index (χ1) is 7.60. The standard InChI is InChI=1S/C12H26N2OS/c1-11(2)15-7-6-14(3)12(9-13)5-4-8-16-10-12/h11H,4-10,13H2,1-3H3. The molecule has 0 radical (unpaired) electrons. The molecule has 0 spiro atoms. The fourth-order valence-corrected chi connectivity index (χ4v) is 3.47. The molecule has 1 rings (SSSR count). The average molecular weight is 246 g/mol. The van der Waals surface area contributed by atoms with Crippen molar-refractivity contribution in [2.24, 2.45) is 5.73 Å². The summed E-state index contributed by atoms with van der Waals surface area (Å²) in [6, 6.07) is 0. The largest absolute Gasteiger partial charge is 0.377 e. The molecule has 1 fully saturated rings. The molecule has 0 aromatic carbocycles. The van der Waals surface area contributed by atoms with Crippen LogP contribution in [-0.4, -0.2) is 54.8 Å². The molecule has 2 N–H and O–H groups in total. The highest BCUT2D eigenvalue weighted by Crippen LogP contribution is 2.30. The molecular weight excluding hydrogens is 220 g/mol. The van der Waals surface area contributed by atoms with Gasteiger partial charge in [0.2, 0.25) is 0 Å². The Kier molecular flexibility index (Phi) is 6.11. The van der Waals surface area contributed by atoms with Crippen molar-refractivity contribution in [2.75, 3.05) is 38.2 Å². The first-order valence-corrected chi connectivity index (χ1v) is 7.37. The van der Waals surface area contributed by atoms with E-state index in [1.54, 1.807) is 0 Å². The molecule has 96 valence electrons. The van der Waals surface area contributed by atoms with Gasteiger partial charge in [-0.15, -0.1) is 0 Å². The first-order valence-electron chi connectivity index (χ1n) is 6.21. The van der Waals surface area contributed by atoms with E-state index in [4.69, 9.17) is 10.5 Å². The van der Waals surface area contributed by atoms with Gasteiger partial charge in [0.15, 0.2) is 0 Å². The maximum atomic E-state index is 5.97. The molecule has 0 aromatic rings. The van der Waals surface area contributed by atoms with E-state index < -0.39 is 0 Å². The normalized spacial score (nSPS) is 26.6. The van der Waals surface area contributed by atoms with Gasteiger partial charge >= 0.3 is 0 Å². The molecule has 4 heteroatoms. The van der Waals surface area contributed by atoms with Crippen LogP contribution in [0.1, 0.15) is 26.7 Å². The lowest BCUT2D eigenvalue weighted by Gasteiger charge is -2.43. The zero-order valence-corrected chi connectivity index (χ0v) is 11.7. The van der Waals surface area contributed by atoms with Crippen LogP contribution in [0.4, 0.5) is 0 Å². The van der Waals surface area contributed by atoms with Crippen molar-refractivity contribution < 1.29 is 4.74 Å². The lowest BCUT2D eigenvalue weighted by molar-refractivity contribution is 0.0376. The molecule has 0 aromatic heterocycles. The summed E-state index contributed by atoms with van der Waals surface area (Å²) >= 11 is 2.03. The Labute approximate surface area is 104 Å². The zero-order valence-electron chi connectivity index (χ0n) is 10.9. The maximum Gasteiger partial charge on any atom is 0.0597 e. The number of hydrogen-bond acceptors (Lipinski definition) is 4. The number of ether oxygens (including phenoxy) is 1. The Morgan fingerprint density at radius 1 is 1.50 bits per heavy atom. The Hall–Kier alpha value is 0.230. The molecular formula is C12H26N2OS. The third kappa shape index (κ3) is 3.91. The van der Waals surface area contributed by atoms with Gasteiger partial charge in [-0.3, -0.25) is 4.90 Å². The number of nitrogens with zero attached hydrogens (tertiary/aromatic N) is 1. The number of likely N-dealkylation sites (N-methyl/N-ethyl adjacent to an activating group) is 1. The van der Waals surface area contributed by atoms with E-state index in [0.29, 0.717) is 6.10 Å². The van der Waals surface area contributed by atoms with Crippen LogP contribution in [0.3, 0.4) is 0 Å². The van der Waals surface area contributed by atoms with E-state index in [1.807, 2.05) is 11.8 Å². The van der Waals surface area contributed by atoms with Crippen molar-refractivity contribution in [3.63, 3.8) is 0 Å². The predicted octanol–water partition coefficient (Wildman–Crippen LogP) is 1.57. The molecule has 0 saturated carbocycles. The first kappa shape index (κ1) is 14.3. The Morgan fingerprint density at radius 2 is 2.25 bits per heavy atom. The van der Waals surface area contributed by atoms with Gasteiger partial charge < -0.3 is 10.5 Å². The highest BCUT2D eigenvalue weighted by Gasteiger charge is 2.34. The van der Waals surface area contributed by atoms with E-state index in [1.165, 1.54) is 24.3 Å². The molecule has 1 atom stereocenters. The molecule has 3 nitrogen and oxygen atoms in total. The second-order valence-corrected chi connectivity index (χ2v) is 6.03. The number of rotatable bonds is 6. The average Bonchev–Trinajstić information content (AvgIpc) is 2.29. The van der Waals surface area contributed by atoms with Gasteiger partial charge in [0.05, 0.1) is 12.7 Å². The van der Waals surface area contributed by atoms with Crippen molar-refractivity contribution in [3.05, 3.63) is 0 Å². The fraction of sp³-hybridized carbons (Fsp3) is 1.00. The van der Waals surface area contributed by atoms with Crippen LogP contribution < -0.4 is 5.73 Å². The summed E-state index contributed by atoms with van der Waals surface area (Å²) in [5.41, 5.74) is 6.19. The number of nitrogens with two attached hydrogens (primary N) is 1. The van der Waals surface area contributed by atoms with Gasteiger partial charge in [-0.1, -0.05) is 0 Å². The topological polar surface area (TPSA) is 38.5 Å². The van der Waals surface area contributed by atoms with Crippen molar-refractivity contribution in [3.8, 4) is 0 Å². The lowest BCUT2D eigenvalue weighted by atomic mass is 9.93. The molecule has 16 heavy (non-hydrogen) atoms. The molecule has 1 aliphatic heterocycles. The summed E-state index contributed by atoms with van der Waals surface area (Å²) in [5, 5.41) is 0. The Balaban J connectivity index is 2.39. The summed E-state index contributed by atoms with van der Waals surface area (Å²) in [4.78, 5) is 2.40. The SMILES string of the molecule is CC(C)OCCN(C)C1(CN)CCCSC1. The van der Waals surface area contributed by atoms with Crippen LogP contribution >= 0.6 is 11.8 Å². The van der Waals surface area contributed by atoms with Crippen LogP contribution in [0, 0.1) is 0 Å². The summed E-state index contributed by atoms with van der Waals surface area (Å²) in [5.74, 6) is 2.46. The van der Waals surface area contributed by atoms with Gasteiger partial charge in [0.25, 0.3) is 0 Å². The second-order valence-electron chi connectivity index (χ2n) is 4.93. The van der Waals surface area contributed by atoms with Gasteiger partial charge in [0.1, 0.15) is 0 Å². The third-order valence-electron chi connectivity index (χ3n) is 3.37. The minimum Gasteiger partial charge on any atom is -0.377 e. The molecule has 1 aliphatic rings. The van der Waals surface area contributed by atoms with E-state index >= 15 is 0 Å². The highest BCUT2D eigenvalue weighted by molar-refractivity contribution is 7.99. The van der Waals surface area contributed by atoms with Crippen LogP contribution in [-0.2, 0) is 4.74 Å². The predicted molar refractivity (Wildman–Crippen MR) is 72.1 cm³/mol. The van der Waals surface area contributed by atoms with E-state index in [-0.39, 0.29) is 5.54 Å². The van der Waals surface area contributed by atoms with Crippen LogP contribution in [0.15, 0.2) is 0 Å². The van der Waals surface area contributed by atoms with Gasteiger partial charge in [-0.05, 0) is 39.5 Å². The maximum absolute atomic E-state index is 5.97. The Bertz CT molecular complexity index is 193. The van der Waals surface area contributed by atoms with Crippen LogP contribution in [0.25, 0.3) is 0 Å². The lowest BCUT2D eigenvalue weighted by Crippen LogP contribution is -2.56. The summed E-state index contributed by atoms with van der Waals surface area (Å²) in [6.07, 6.45) is 2.84. The molecule has 0 amide bonds. The number of thioether (sulfide) groups is 1. The van der Waals surface area contributed by atoms with Crippen molar-refractivity contribution in [2.45, 2.75) is 38.3 Å². The zero-order chi connectivity index (χ0) is 12.0. The van der Waals surface area contributed by atoms with E-state index in [9.17, 15) is 0 Å². The molecule has 1 unspecified atom stereocenters. The van der Waals surface area contributed by atoms with E-state index in [0.717, 1.165) is 19.7 Å². The van der Waals surface area contributed by atoms with Gasteiger partial charge in [0, 0.05) is 24.4 Å².